The molecule has 7 atom stereocenters. The Kier molecular flexibility index (Phi) is 3.71. The molecule has 0 bridgehead atoms. The lowest BCUT2D eigenvalue weighted by Gasteiger charge is -2.55. The summed E-state index contributed by atoms with van der Waals surface area (Å²) in [7, 11) is 0. The number of hydrogen-bond acceptors (Lipinski definition) is 6. The van der Waals surface area contributed by atoms with Gasteiger partial charge in [0.2, 0.25) is 0 Å². The van der Waals surface area contributed by atoms with E-state index in [-0.39, 0.29) is 12.3 Å². The number of carbonyl (C=O) groups is 3. The van der Waals surface area contributed by atoms with Gasteiger partial charge in [-0.3, -0.25) is 14.4 Å². The summed E-state index contributed by atoms with van der Waals surface area (Å²) in [6.45, 7) is 6.60. The molecule has 1 heterocycles. The van der Waals surface area contributed by atoms with Crippen LogP contribution in [0.3, 0.4) is 0 Å². The molecule has 0 spiro atoms. The average Bonchev–Trinajstić information content (AvgIpc) is 2.87. The fourth-order valence-electron chi connectivity index (χ4n) is 5.45. The van der Waals surface area contributed by atoms with Crippen molar-refractivity contribution in [2.24, 2.45) is 29.1 Å². The van der Waals surface area contributed by atoms with E-state index in [1.807, 2.05) is 13.8 Å². The second-order valence-corrected chi connectivity index (χ2v) is 7.87. The zero-order valence-corrected chi connectivity index (χ0v) is 14.3. The van der Waals surface area contributed by atoms with Crippen LogP contribution in [-0.2, 0) is 23.9 Å². The highest BCUT2D eigenvalue weighted by Crippen LogP contribution is 2.66. The fourth-order valence-corrected chi connectivity index (χ4v) is 5.45. The number of hydrogen-bond donors (Lipinski definition) is 2. The summed E-state index contributed by atoms with van der Waals surface area (Å²) >= 11 is 0. The van der Waals surface area contributed by atoms with Gasteiger partial charge in [-0.15, -0.1) is 0 Å². The zero-order valence-electron chi connectivity index (χ0n) is 14.3. The normalized spacial score (nSPS) is 46.6. The summed E-state index contributed by atoms with van der Waals surface area (Å²) < 4.78 is 11.0. The van der Waals surface area contributed by atoms with E-state index in [1.54, 1.807) is 6.92 Å². The van der Waals surface area contributed by atoms with Gasteiger partial charge in [-0.2, -0.15) is 0 Å². The summed E-state index contributed by atoms with van der Waals surface area (Å²) in [6, 6.07) is 0. The minimum atomic E-state index is -1.56. The largest absolute Gasteiger partial charge is 0.481 e. The number of rotatable bonds is 3. The molecule has 7 nitrogen and oxygen atoms in total. The first-order valence-corrected chi connectivity index (χ1v) is 8.38. The summed E-state index contributed by atoms with van der Waals surface area (Å²) in [6.07, 6.45) is -1.09. The first-order valence-electron chi connectivity index (χ1n) is 8.38. The van der Waals surface area contributed by atoms with E-state index in [1.165, 1.54) is 6.92 Å². The molecule has 7 heteroatoms. The van der Waals surface area contributed by atoms with Crippen molar-refractivity contribution in [2.75, 3.05) is 0 Å². The highest BCUT2D eigenvalue weighted by Gasteiger charge is 2.78. The molecule has 0 unspecified atom stereocenters. The standard InChI is InChI=1S/C17H24O7/c1-7(2)10-11(14(19)20)17(22)6-5-9-15(21)24-13(16(9,17)4)12(10)23-8(3)18/h7,9-13,22H,5-6H2,1-4H3,(H,19,20)/t9-,10+,11-,12-,13-,16-,17-/m1/s1. The summed E-state index contributed by atoms with van der Waals surface area (Å²) in [5.74, 6) is -4.64. The fraction of sp³-hybridized carbons (Fsp3) is 0.824. The summed E-state index contributed by atoms with van der Waals surface area (Å²) in [5, 5.41) is 21.3. The summed E-state index contributed by atoms with van der Waals surface area (Å²) in [5.41, 5.74) is -2.63. The van der Waals surface area contributed by atoms with Crippen LogP contribution in [0.15, 0.2) is 0 Å². The van der Waals surface area contributed by atoms with Gasteiger partial charge in [-0.1, -0.05) is 20.8 Å². The Morgan fingerprint density at radius 1 is 1.38 bits per heavy atom. The van der Waals surface area contributed by atoms with E-state index in [0.717, 1.165) is 0 Å². The van der Waals surface area contributed by atoms with E-state index in [9.17, 15) is 24.6 Å². The molecule has 0 aromatic carbocycles. The SMILES string of the molecule is CC(=O)O[C@@H]1[C@@H](C(C)C)[C@H](C(=O)O)[C@]2(O)CC[C@@H]3C(=O)O[C@H]1[C@@]32C. The maximum absolute atomic E-state index is 12.3. The van der Waals surface area contributed by atoms with Crippen LogP contribution in [0.1, 0.15) is 40.5 Å². The lowest BCUT2D eigenvalue weighted by molar-refractivity contribution is -0.242. The van der Waals surface area contributed by atoms with Crippen molar-refractivity contribution in [1.82, 2.24) is 0 Å². The van der Waals surface area contributed by atoms with Gasteiger partial charge in [0.1, 0.15) is 12.2 Å². The van der Waals surface area contributed by atoms with E-state index in [4.69, 9.17) is 9.47 Å². The summed E-state index contributed by atoms with van der Waals surface area (Å²) in [4.78, 5) is 36.0. The van der Waals surface area contributed by atoms with Gasteiger partial charge in [0.15, 0.2) is 0 Å². The van der Waals surface area contributed by atoms with Gasteiger partial charge < -0.3 is 19.7 Å². The Labute approximate surface area is 140 Å². The van der Waals surface area contributed by atoms with Crippen molar-refractivity contribution < 1.29 is 34.1 Å². The minimum absolute atomic E-state index is 0.178. The second-order valence-electron chi connectivity index (χ2n) is 7.87. The Hall–Kier alpha value is -1.63. The number of ether oxygens (including phenoxy) is 2. The van der Waals surface area contributed by atoms with Crippen LogP contribution in [0.4, 0.5) is 0 Å². The van der Waals surface area contributed by atoms with Gasteiger partial charge in [0, 0.05) is 12.8 Å². The Balaban J connectivity index is 2.19. The Morgan fingerprint density at radius 2 is 2.00 bits per heavy atom. The van der Waals surface area contributed by atoms with Crippen molar-refractivity contribution in [2.45, 2.75) is 58.3 Å². The molecule has 0 aromatic heterocycles. The Bertz CT molecular complexity index is 600. The Morgan fingerprint density at radius 3 is 2.50 bits per heavy atom. The molecule has 2 aliphatic carbocycles. The second kappa shape index (κ2) is 5.18. The number of carbonyl (C=O) groups excluding carboxylic acids is 2. The first kappa shape index (κ1) is 17.2. The highest BCUT2D eigenvalue weighted by atomic mass is 16.6. The zero-order chi connectivity index (χ0) is 18.0. The molecule has 3 fully saturated rings. The van der Waals surface area contributed by atoms with Crippen LogP contribution in [0.5, 0.6) is 0 Å². The van der Waals surface area contributed by atoms with Gasteiger partial charge in [0.05, 0.1) is 22.9 Å². The topological polar surface area (TPSA) is 110 Å². The van der Waals surface area contributed by atoms with E-state index >= 15 is 0 Å². The maximum Gasteiger partial charge on any atom is 0.310 e. The third-order valence-electron chi connectivity index (χ3n) is 6.50. The van der Waals surface area contributed by atoms with E-state index in [0.29, 0.717) is 6.42 Å². The van der Waals surface area contributed by atoms with Crippen molar-refractivity contribution in [3.8, 4) is 0 Å². The lowest BCUT2D eigenvalue weighted by atomic mass is 9.52. The monoisotopic (exact) mass is 340 g/mol. The third-order valence-corrected chi connectivity index (χ3v) is 6.50. The van der Waals surface area contributed by atoms with Crippen molar-refractivity contribution >= 4 is 17.9 Å². The predicted molar refractivity (Wildman–Crippen MR) is 80.7 cm³/mol. The minimum Gasteiger partial charge on any atom is -0.481 e. The molecule has 1 saturated heterocycles. The molecule has 3 rings (SSSR count). The molecule has 0 aromatic rings. The average molecular weight is 340 g/mol. The predicted octanol–water partition coefficient (Wildman–Crippen LogP) is 0.977. The van der Waals surface area contributed by atoms with Gasteiger partial charge in [-0.05, 0) is 18.8 Å². The first-order chi connectivity index (χ1) is 11.1. The van der Waals surface area contributed by atoms with E-state index in [2.05, 4.69) is 0 Å². The number of carboxylic acid groups (broad SMARTS) is 1. The van der Waals surface area contributed by atoms with Crippen molar-refractivity contribution in [1.29, 1.82) is 0 Å². The van der Waals surface area contributed by atoms with Crippen molar-refractivity contribution in [3.05, 3.63) is 0 Å². The molecule has 134 valence electrons. The molecular weight excluding hydrogens is 316 g/mol. The molecule has 2 saturated carbocycles. The lowest BCUT2D eigenvalue weighted by Crippen LogP contribution is -2.69. The number of aliphatic carboxylic acids is 1. The van der Waals surface area contributed by atoms with Gasteiger partial charge in [-0.25, -0.2) is 0 Å². The molecule has 2 N–H and O–H groups in total. The number of aliphatic hydroxyl groups is 1. The van der Waals surface area contributed by atoms with Crippen LogP contribution >= 0.6 is 0 Å². The maximum atomic E-state index is 12.3. The quantitative estimate of drug-likeness (QED) is 0.737. The van der Waals surface area contributed by atoms with Crippen LogP contribution in [0.2, 0.25) is 0 Å². The molecule has 0 amide bonds. The number of esters is 2. The van der Waals surface area contributed by atoms with Crippen LogP contribution in [0, 0.1) is 29.1 Å². The van der Waals surface area contributed by atoms with Crippen molar-refractivity contribution in [3.63, 3.8) is 0 Å². The molecule has 1 aliphatic heterocycles. The smallest absolute Gasteiger partial charge is 0.310 e. The molecule has 0 radical (unpaired) electrons. The van der Waals surface area contributed by atoms with Gasteiger partial charge in [0.25, 0.3) is 0 Å². The highest BCUT2D eigenvalue weighted by molar-refractivity contribution is 5.80. The molecule has 24 heavy (non-hydrogen) atoms. The molecular formula is C17H24O7. The third kappa shape index (κ3) is 1.90. The van der Waals surface area contributed by atoms with Crippen LogP contribution in [-0.4, -0.2) is 45.9 Å². The van der Waals surface area contributed by atoms with E-state index < -0.39 is 58.9 Å². The van der Waals surface area contributed by atoms with Crippen LogP contribution < -0.4 is 0 Å². The van der Waals surface area contributed by atoms with Gasteiger partial charge >= 0.3 is 17.9 Å². The van der Waals surface area contributed by atoms with Crippen LogP contribution in [0.25, 0.3) is 0 Å². The molecule has 3 aliphatic rings. The number of carboxylic acids is 1.